The molecule has 5 rings (SSSR count). The summed E-state index contributed by atoms with van der Waals surface area (Å²) in [6.07, 6.45) is 1.87. The second-order valence-electron chi connectivity index (χ2n) is 8.35. The maximum absolute atomic E-state index is 12.8. The first-order valence-electron chi connectivity index (χ1n) is 11.0. The second-order valence-corrected chi connectivity index (χ2v) is 9.57. The number of nitrogens with zero attached hydrogens (tertiary/aromatic N) is 5. The highest BCUT2D eigenvalue weighted by Crippen LogP contribution is 2.30. The van der Waals surface area contributed by atoms with Crippen molar-refractivity contribution < 1.29 is 9.21 Å². The van der Waals surface area contributed by atoms with Crippen molar-refractivity contribution in [3.05, 3.63) is 52.0 Å². The van der Waals surface area contributed by atoms with Crippen molar-refractivity contribution in [3.8, 4) is 11.5 Å². The number of benzene rings is 1. The van der Waals surface area contributed by atoms with Crippen LogP contribution in [0.5, 0.6) is 0 Å². The standard InChI is InChI=1S/C23H26ClN5O2S/c24-19-1-3-20(4-2-19)28-10-12-29(13-11-28)21(30)15-27-8-5-17(6-9-27)22-25-26-23(31-22)18-7-14-32-16-18/h1-4,7,14,16-17H,5-6,8-13,15H2. The quantitative estimate of drug-likeness (QED) is 0.560. The van der Waals surface area contributed by atoms with E-state index in [0.29, 0.717) is 12.4 Å². The van der Waals surface area contributed by atoms with Crippen LogP contribution in [0.2, 0.25) is 5.02 Å². The van der Waals surface area contributed by atoms with Crippen LogP contribution in [0.3, 0.4) is 0 Å². The predicted molar refractivity (Wildman–Crippen MR) is 126 cm³/mol. The summed E-state index contributed by atoms with van der Waals surface area (Å²) in [5, 5.41) is 13.2. The largest absolute Gasteiger partial charge is 0.420 e. The molecule has 3 aromatic rings. The Morgan fingerprint density at radius 1 is 1.03 bits per heavy atom. The zero-order chi connectivity index (χ0) is 21.9. The number of aromatic nitrogens is 2. The van der Waals surface area contributed by atoms with Crippen LogP contribution in [0.15, 0.2) is 45.5 Å². The van der Waals surface area contributed by atoms with Gasteiger partial charge in [-0.2, -0.15) is 11.3 Å². The first-order chi connectivity index (χ1) is 15.7. The molecule has 9 heteroatoms. The highest BCUT2D eigenvalue weighted by Gasteiger charge is 2.28. The molecular weight excluding hydrogens is 446 g/mol. The Balaban J connectivity index is 1.08. The molecule has 4 heterocycles. The Morgan fingerprint density at radius 2 is 1.78 bits per heavy atom. The molecule has 0 aliphatic carbocycles. The van der Waals surface area contributed by atoms with Crippen molar-refractivity contribution in [2.45, 2.75) is 18.8 Å². The van der Waals surface area contributed by atoms with Crippen molar-refractivity contribution in [3.63, 3.8) is 0 Å². The summed E-state index contributed by atoms with van der Waals surface area (Å²) in [6.45, 7) is 5.43. The number of piperazine rings is 1. The van der Waals surface area contributed by atoms with Crippen molar-refractivity contribution in [1.82, 2.24) is 20.0 Å². The fourth-order valence-corrected chi connectivity index (χ4v) is 5.15. The maximum atomic E-state index is 12.8. The van der Waals surface area contributed by atoms with E-state index in [1.54, 1.807) is 11.3 Å². The maximum Gasteiger partial charge on any atom is 0.248 e. The molecule has 2 saturated heterocycles. The number of hydrogen-bond donors (Lipinski definition) is 0. The van der Waals surface area contributed by atoms with Gasteiger partial charge in [0.2, 0.25) is 17.7 Å². The van der Waals surface area contributed by atoms with Gasteiger partial charge in [0.05, 0.1) is 6.54 Å². The average Bonchev–Trinajstić information content (AvgIpc) is 3.53. The summed E-state index contributed by atoms with van der Waals surface area (Å²) in [7, 11) is 0. The van der Waals surface area contributed by atoms with Crippen LogP contribution in [0.1, 0.15) is 24.7 Å². The first kappa shape index (κ1) is 21.4. The molecule has 2 aliphatic rings. The van der Waals surface area contributed by atoms with Crippen molar-refractivity contribution in [1.29, 1.82) is 0 Å². The molecule has 7 nitrogen and oxygen atoms in total. The summed E-state index contributed by atoms with van der Waals surface area (Å²) < 4.78 is 5.91. The van der Waals surface area contributed by atoms with E-state index in [2.05, 4.69) is 20.0 Å². The van der Waals surface area contributed by atoms with Gasteiger partial charge in [-0.3, -0.25) is 9.69 Å². The van der Waals surface area contributed by atoms with Gasteiger partial charge in [0.25, 0.3) is 0 Å². The summed E-state index contributed by atoms with van der Waals surface area (Å²) in [4.78, 5) is 19.4. The predicted octanol–water partition coefficient (Wildman–Crippen LogP) is 3.98. The number of anilines is 1. The second kappa shape index (κ2) is 9.60. The van der Waals surface area contributed by atoms with Crippen LogP contribution >= 0.6 is 22.9 Å². The van der Waals surface area contributed by atoms with Crippen molar-refractivity contribution in [2.24, 2.45) is 0 Å². The minimum absolute atomic E-state index is 0.219. The average molecular weight is 472 g/mol. The lowest BCUT2D eigenvalue weighted by Gasteiger charge is -2.37. The van der Waals surface area contributed by atoms with Gasteiger partial charge in [-0.05, 0) is 61.6 Å². The number of amides is 1. The fraction of sp³-hybridized carbons (Fsp3) is 0.435. The van der Waals surface area contributed by atoms with E-state index in [0.717, 1.165) is 74.3 Å². The molecule has 0 N–H and O–H groups in total. The topological polar surface area (TPSA) is 65.7 Å². The van der Waals surface area contributed by atoms with E-state index in [9.17, 15) is 4.79 Å². The Labute approximate surface area is 196 Å². The number of hydrogen-bond acceptors (Lipinski definition) is 7. The van der Waals surface area contributed by atoms with Crippen LogP contribution in [0.25, 0.3) is 11.5 Å². The molecule has 0 bridgehead atoms. The molecule has 1 aromatic carbocycles. The summed E-state index contributed by atoms with van der Waals surface area (Å²) in [5.41, 5.74) is 2.14. The van der Waals surface area contributed by atoms with E-state index >= 15 is 0 Å². The van der Waals surface area contributed by atoms with Gasteiger partial charge in [-0.15, -0.1) is 10.2 Å². The number of carbonyl (C=O) groups excluding carboxylic acids is 1. The van der Waals surface area contributed by atoms with Gasteiger partial charge < -0.3 is 14.2 Å². The zero-order valence-corrected chi connectivity index (χ0v) is 19.4. The SMILES string of the molecule is O=C(CN1CCC(c2nnc(-c3ccsc3)o2)CC1)N1CCN(c2ccc(Cl)cc2)CC1. The highest BCUT2D eigenvalue weighted by atomic mass is 35.5. The number of piperidine rings is 1. The normalized spacial score (nSPS) is 18.3. The zero-order valence-electron chi connectivity index (χ0n) is 17.8. The lowest BCUT2D eigenvalue weighted by atomic mass is 9.97. The van der Waals surface area contributed by atoms with Crippen molar-refractivity contribution in [2.75, 3.05) is 50.7 Å². The number of carbonyl (C=O) groups is 1. The third-order valence-electron chi connectivity index (χ3n) is 6.33. The van der Waals surface area contributed by atoms with Crippen molar-refractivity contribution >= 4 is 34.5 Å². The molecule has 1 amide bonds. The molecule has 0 unspecified atom stereocenters. The smallest absolute Gasteiger partial charge is 0.248 e. The summed E-state index contributed by atoms with van der Waals surface area (Å²) >= 11 is 7.60. The van der Waals surface area contributed by atoms with Gasteiger partial charge in [-0.1, -0.05) is 11.6 Å². The third-order valence-corrected chi connectivity index (χ3v) is 7.26. The molecule has 0 spiro atoms. The molecule has 2 aliphatic heterocycles. The molecule has 2 fully saturated rings. The van der Waals surface area contributed by atoms with Gasteiger partial charge in [0, 0.05) is 53.8 Å². The monoisotopic (exact) mass is 471 g/mol. The number of rotatable bonds is 5. The molecule has 168 valence electrons. The lowest BCUT2D eigenvalue weighted by molar-refractivity contribution is -0.133. The minimum atomic E-state index is 0.219. The van der Waals surface area contributed by atoms with Gasteiger partial charge in [0.1, 0.15) is 0 Å². The summed E-state index contributed by atoms with van der Waals surface area (Å²) in [5.74, 6) is 1.80. The Morgan fingerprint density at radius 3 is 2.47 bits per heavy atom. The highest BCUT2D eigenvalue weighted by molar-refractivity contribution is 7.08. The van der Waals surface area contributed by atoms with E-state index in [1.807, 2.05) is 46.0 Å². The molecule has 0 saturated carbocycles. The van der Waals surface area contributed by atoms with E-state index in [-0.39, 0.29) is 11.8 Å². The van der Waals surface area contributed by atoms with Gasteiger partial charge in [0.15, 0.2) is 0 Å². The van der Waals surface area contributed by atoms with Crippen LogP contribution in [-0.4, -0.2) is 71.7 Å². The molecule has 2 aromatic heterocycles. The van der Waals surface area contributed by atoms with Crippen LogP contribution in [0.4, 0.5) is 5.69 Å². The molecule has 0 radical (unpaired) electrons. The minimum Gasteiger partial charge on any atom is -0.420 e. The Hall–Kier alpha value is -2.42. The van der Waals surface area contributed by atoms with E-state index in [4.69, 9.17) is 16.0 Å². The Bertz CT molecular complexity index is 1020. The van der Waals surface area contributed by atoms with Gasteiger partial charge >= 0.3 is 0 Å². The third kappa shape index (κ3) is 4.82. The number of thiophene rings is 1. The van der Waals surface area contributed by atoms with Gasteiger partial charge in [-0.25, -0.2) is 0 Å². The van der Waals surface area contributed by atoms with E-state index < -0.39 is 0 Å². The number of halogens is 1. The van der Waals surface area contributed by atoms with Crippen LogP contribution < -0.4 is 4.90 Å². The number of likely N-dealkylation sites (tertiary alicyclic amines) is 1. The first-order valence-corrected chi connectivity index (χ1v) is 12.3. The summed E-state index contributed by atoms with van der Waals surface area (Å²) in [6, 6.07) is 9.89. The molecule has 32 heavy (non-hydrogen) atoms. The molecular formula is C23H26ClN5O2S. The van der Waals surface area contributed by atoms with Crippen LogP contribution in [0, 0.1) is 0 Å². The Kier molecular flexibility index (Phi) is 6.43. The van der Waals surface area contributed by atoms with E-state index in [1.165, 1.54) is 0 Å². The fourth-order valence-electron chi connectivity index (χ4n) is 4.40. The van der Waals surface area contributed by atoms with Crippen LogP contribution in [-0.2, 0) is 4.79 Å². The molecule has 0 atom stereocenters. The lowest BCUT2D eigenvalue weighted by Crippen LogP contribution is -2.51.